The molecular weight excluding hydrogens is 340 g/mol. The van der Waals surface area contributed by atoms with Gasteiger partial charge in [-0.1, -0.05) is 32.3 Å². The molecule has 2 aliphatic rings. The highest BCUT2D eigenvalue weighted by Gasteiger charge is 2.31. The number of rotatable bonds is 7. The van der Waals surface area contributed by atoms with Crippen LogP contribution < -0.4 is 5.32 Å². The summed E-state index contributed by atoms with van der Waals surface area (Å²) in [6.07, 6.45) is 8.50. The van der Waals surface area contributed by atoms with E-state index >= 15 is 0 Å². The topological polar surface area (TPSA) is 71.3 Å². The van der Waals surface area contributed by atoms with Gasteiger partial charge in [0.1, 0.15) is 0 Å². The van der Waals surface area contributed by atoms with Gasteiger partial charge in [0, 0.05) is 36.9 Å². The third-order valence-electron chi connectivity index (χ3n) is 6.11. The monoisotopic (exact) mass is 376 g/mol. The number of carbonyl (C=O) groups excluding carboxylic acids is 1. The summed E-state index contributed by atoms with van der Waals surface area (Å²) in [6, 6.07) is 1.05. The summed E-state index contributed by atoms with van der Waals surface area (Å²) < 4.78 is 5.30. The molecule has 6 nitrogen and oxygen atoms in total. The van der Waals surface area contributed by atoms with Crippen molar-refractivity contribution in [2.24, 2.45) is 5.92 Å². The van der Waals surface area contributed by atoms with Gasteiger partial charge in [-0.25, -0.2) is 0 Å². The van der Waals surface area contributed by atoms with Crippen molar-refractivity contribution < 1.29 is 9.32 Å². The van der Waals surface area contributed by atoms with E-state index in [0.29, 0.717) is 24.7 Å². The first kappa shape index (κ1) is 20.3. The predicted octanol–water partition coefficient (Wildman–Crippen LogP) is 3.46. The number of aromatic nitrogens is 2. The van der Waals surface area contributed by atoms with E-state index in [1.807, 2.05) is 0 Å². The Hall–Kier alpha value is -1.43. The molecule has 0 unspecified atom stereocenters. The van der Waals surface area contributed by atoms with Crippen LogP contribution in [0.5, 0.6) is 0 Å². The van der Waals surface area contributed by atoms with Crippen LogP contribution in [-0.2, 0) is 16.6 Å². The molecule has 2 heterocycles. The van der Waals surface area contributed by atoms with Gasteiger partial charge in [-0.05, 0) is 51.5 Å². The van der Waals surface area contributed by atoms with Gasteiger partial charge in [-0.3, -0.25) is 4.79 Å². The van der Waals surface area contributed by atoms with Crippen LogP contribution >= 0.6 is 0 Å². The number of nitrogens with zero attached hydrogens (tertiary/aromatic N) is 3. The Balaban J connectivity index is 1.37. The van der Waals surface area contributed by atoms with E-state index in [2.05, 4.69) is 48.1 Å². The van der Waals surface area contributed by atoms with Crippen molar-refractivity contribution >= 4 is 5.91 Å². The molecule has 0 radical (unpaired) electrons. The molecule has 27 heavy (non-hydrogen) atoms. The maximum Gasteiger partial charge on any atom is 0.226 e. The van der Waals surface area contributed by atoms with Gasteiger partial charge in [0.2, 0.25) is 11.8 Å². The van der Waals surface area contributed by atoms with Gasteiger partial charge in [-0.15, -0.1) is 0 Å². The third kappa shape index (κ3) is 5.53. The number of amides is 1. The van der Waals surface area contributed by atoms with Gasteiger partial charge in [0.15, 0.2) is 5.82 Å². The molecule has 1 aromatic heterocycles. The molecule has 1 saturated heterocycles. The second-order valence-electron chi connectivity index (χ2n) is 9.45. The van der Waals surface area contributed by atoms with Gasteiger partial charge < -0.3 is 14.7 Å². The van der Waals surface area contributed by atoms with Crippen LogP contribution in [0.2, 0.25) is 0 Å². The van der Waals surface area contributed by atoms with Crippen LogP contribution in [0.4, 0.5) is 0 Å². The summed E-state index contributed by atoms with van der Waals surface area (Å²) in [7, 11) is 0. The number of likely N-dealkylation sites (tertiary alicyclic amines) is 1. The number of hydrogen-bond donors (Lipinski definition) is 1. The molecule has 0 spiro atoms. The van der Waals surface area contributed by atoms with Crippen LogP contribution in [0.1, 0.15) is 84.4 Å². The van der Waals surface area contributed by atoms with Gasteiger partial charge >= 0.3 is 0 Å². The highest BCUT2D eigenvalue weighted by atomic mass is 16.5. The van der Waals surface area contributed by atoms with Crippen molar-refractivity contribution in [1.29, 1.82) is 0 Å². The minimum atomic E-state index is -0.109. The fourth-order valence-corrected chi connectivity index (χ4v) is 4.04. The number of carbonyl (C=O) groups is 1. The molecule has 6 heteroatoms. The highest BCUT2D eigenvalue weighted by molar-refractivity contribution is 5.76. The van der Waals surface area contributed by atoms with E-state index in [9.17, 15) is 4.79 Å². The maximum atomic E-state index is 12.3. The molecule has 0 bridgehead atoms. The Morgan fingerprint density at radius 2 is 2.07 bits per heavy atom. The largest absolute Gasteiger partial charge is 0.353 e. The molecule has 0 aromatic carbocycles. The molecule has 1 aliphatic carbocycles. The van der Waals surface area contributed by atoms with Crippen LogP contribution in [0, 0.1) is 5.92 Å². The minimum absolute atomic E-state index is 0.109. The summed E-state index contributed by atoms with van der Waals surface area (Å²) in [5.74, 6) is 2.07. The zero-order chi connectivity index (χ0) is 19.4. The molecule has 3 rings (SSSR count). The van der Waals surface area contributed by atoms with E-state index in [-0.39, 0.29) is 17.4 Å². The number of piperidine rings is 1. The fraction of sp³-hybridized carbons (Fsp3) is 0.857. The van der Waals surface area contributed by atoms with Gasteiger partial charge in [-0.2, -0.15) is 4.98 Å². The zero-order valence-electron chi connectivity index (χ0n) is 17.5. The molecule has 2 atom stereocenters. The van der Waals surface area contributed by atoms with E-state index in [0.717, 1.165) is 24.8 Å². The minimum Gasteiger partial charge on any atom is -0.353 e. The van der Waals surface area contributed by atoms with Crippen molar-refractivity contribution in [3.63, 3.8) is 0 Å². The summed E-state index contributed by atoms with van der Waals surface area (Å²) in [5.41, 5.74) is -0.109. The average molecular weight is 377 g/mol. The third-order valence-corrected chi connectivity index (χ3v) is 6.11. The predicted molar refractivity (Wildman–Crippen MR) is 105 cm³/mol. The number of nitrogens with one attached hydrogen (secondary N) is 1. The molecule has 152 valence electrons. The van der Waals surface area contributed by atoms with E-state index in [1.54, 1.807) is 0 Å². The lowest BCUT2D eigenvalue weighted by atomic mass is 9.85. The number of aryl methyl sites for hydroxylation is 1. The lowest BCUT2D eigenvalue weighted by molar-refractivity contribution is -0.122. The zero-order valence-corrected chi connectivity index (χ0v) is 17.5. The molecule has 1 amide bonds. The van der Waals surface area contributed by atoms with Crippen molar-refractivity contribution in [3.8, 4) is 0 Å². The first-order valence-corrected chi connectivity index (χ1v) is 10.7. The van der Waals surface area contributed by atoms with E-state index < -0.39 is 0 Å². The summed E-state index contributed by atoms with van der Waals surface area (Å²) in [5, 5.41) is 7.27. The van der Waals surface area contributed by atoms with Crippen LogP contribution in [0.25, 0.3) is 0 Å². The molecule has 1 saturated carbocycles. The molecule has 1 N–H and O–H groups in total. The molecular formula is C21H36N4O2. The van der Waals surface area contributed by atoms with Gasteiger partial charge in [0.05, 0.1) is 0 Å². The average Bonchev–Trinajstić information content (AvgIpc) is 3.02. The SMILES string of the molecule is C[C@@H](NC(=O)CCCc1nc(C(C)(C)C)no1)[C@@H]1CCCN(C2CCC2)C1. The van der Waals surface area contributed by atoms with E-state index in [4.69, 9.17) is 4.52 Å². The fourth-order valence-electron chi connectivity index (χ4n) is 4.04. The number of hydrogen-bond acceptors (Lipinski definition) is 5. The summed E-state index contributed by atoms with van der Waals surface area (Å²) in [6.45, 7) is 10.7. The Morgan fingerprint density at radius 3 is 2.70 bits per heavy atom. The van der Waals surface area contributed by atoms with Crippen LogP contribution in [0.15, 0.2) is 4.52 Å². The summed E-state index contributed by atoms with van der Waals surface area (Å²) in [4.78, 5) is 19.4. The second kappa shape index (κ2) is 8.72. The Labute approximate surface area is 163 Å². The van der Waals surface area contributed by atoms with Crippen LogP contribution in [-0.4, -0.2) is 46.1 Å². The Kier molecular flexibility index (Phi) is 6.56. The van der Waals surface area contributed by atoms with Crippen molar-refractivity contribution in [2.45, 2.75) is 96.6 Å². The Morgan fingerprint density at radius 1 is 1.30 bits per heavy atom. The maximum absolute atomic E-state index is 12.3. The smallest absolute Gasteiger partial charge is 0.226 e. The highest BCUT2D eigenvalue weighted by Crippen LogP contribution is 2.30. The lowest BCUT2D eigenvalue weighted by Gasteiger charge is -2.43. The first-order chi connectivity index (χ1) is 12.8. The van der Waals surface area contributed by atoms with Crippen molar-refractivity contribution in [2.75, 3.05) is 13.1 Å². The molecule has 1 aliphatic heterocycles. The quantitative estimate of drug-likeness (QED) is 0.789. The standard InChI is InChI=1S/C21H36N4O2/c1-15(16-8-7-13-25(14-16)17-9-5-10-17)22-18(26)11-6-12-19-23-20(24-27-19)21(2,3)4/h15-17H,5-14H2,1-4H3,(H,22,26)/t15-,16-/m1/s1. The van der Waals surface area contributed by atoms with Crippen LogP contribution in [0.3, 0.4) is 0 Å². The van der Waals surface area contributed by atoms with Crippen molar-refractivity contribution in [3.05, 3.63) is 11.7 Å². The molecule has 2 fully saturated rings. The second-order valence-corrected chi connectivity index (χ2v) is 9.45. The van der Waals surface area contributed by atoms with E-state index in [1.165, 1.54) is 38.6 Å². The Bertz CT molecular complexity index is 618. The van der Waals surface area contributed by atoms with Gasteiger partial charge in [0.25, 0.3) is 0 Å². The molecule has 1 aromatic rings. The van der Waals surface area contributed by atoms with Crippen molar-refractivity contribution in [1.82, 2.24) is 20.4 Å². The first-order valence-electron chi connectivity index (χ1n) is 10.7. The normalized spacial score (nSPS) is 23.0. The summed E-state index contributed by atoms with van der Waals surface area (Å²) >= 11 is 0. The lowest BCUT2D eigenvalue weighted by Crippen LogP contribution is -2.50.